The molecule has 0 aliphatic carbocycles. The van der Waals surface area contributed by atoms with Gasteiger partial charge in [-0.15, -0.1) is 10.2 Å². The molecule has 0 saturated heterocycles. The highest BCUT2D eigenvalue weighted by Crippen LogP contribution is 2.11. The lowest BCUT2D eigenvalue weighted by Crippen LogP contribution is -2.42. The zero-order valence-corrected chi connectivity index (χ0v) is 19.6. The minimum Gasteiger partial charge on any atom is -0.480 e. The van der Waals surface area contributed by atoms with Crippen molar-refractivity contribution in [2.45, 2.75) is 39.4 Å². The Kier molecular flexibility index (Phi) is 10.1. The molecule has 0 atom stereocenters. The van der Waals surface area contributed by atoms with E-state index in [4.69, 9.17) is 14.6 Å². The number of ether oxygens (including phenoxy) is 2. The number of benzene rings is 1. The minimum atomic E-state index is -1.14. The number of amides is 2. The molecule has 0 aliphatic heterocycles. The molecule has 0 radical (unpaired) electrons. The molecule has 3 N–H and O–H groups in total. The van der Waals surface area contributed by atoms with Crippen LogP contribution in [-0.4, -0.2) is 70.0 Å². The fraction of sp³-hybridized carbons (Fsp3) is 0.435. The summed E-state index contributed by atoms with van der Waals surface area (Å²) < 4.78 is 10.7. The van der Waals surface area contributed by atoms with Crippen LogP contribution in [0.4, 0.5) is 10.6 Å². The molecular weight excluding hydrogens is 442 g/mol. The molecule has 11 heteroatoms. The van der Waals surface area contributed by atoms with Crippen molar-refractivity contribution in [1.82, 2.24) is 20.4 Å². The number of anilines is 1. The third-order valence-electron chi connectivity index (χ3n) is 4.24. The molecule has 0 saturated carbocycles. The predicted molar refractivity (Wildman–Crippen MR) is 124 cm³/mol. The van der Waals surface area contributed by atoms with Crippen molar-refractivity contribution < 1.29 is 29.0 Å². The summed E-state index contributed by atoms with van der Waals surface area (Å²) in [6.45, 7) is 5.43. The fourth-order valence-corrected chi connectivity index (χ4v) is 2.74. The Labute approximate surface area is 198 Å². The maximum Gasteiger partial charge on any atom is 0.407 e. The lowest BCUT2D eigenvalue weighted by atomic mass is 10.2. The van der Waals surface area contributed by atoms with Gasteiger partial charge in [0.1, 0.15) is 24.6 Å². The number of carboxylic acids is 1. The van der Waals surface area contributed by atoms with Crippen LogP contribution in [0, 0.1) is 0 Å². The van der Waals surface area contributed by atoms with Crippen LogP contribution in [-0.2, 0) is 20.9 Å². The number of carboxylic acid groups (broad SMARTS) is 1. The number of nitrogens with one attached hydrogen (secondary N) is 2. The van der Waals surface area contributed by atoms with Gasteiger partial charge in [0.05, 0.1) is 0 Å². The Bertz CT molecular complexity index is 931. The zero-order valence-electron chi connectivity index (χ0n) is 19.6. The Hall–Kier alpha value is -3.89. The van der Waals surface area contributed by atoms with Crippen molar-refractivity contribution in [3.63, 3.8) is 0 Å². The molecule has 2 amide bonds. The largest absolute Gasteiger partial charge is 0.480 e. The number of hydrogen-bond donors (Lipinski definition) is 3. The molecule has 2 aromatic rings. The van der Waals surface area contributed by atoms with Gasteiger partial charge in [-0.3, -0.25) is 9.59 Å². The number of rotatable bonds is 12. The highest BCUT2D eigenvalue weighted by Gasteiger charge is 2.19. The summed E-state index contributed by atoms with van der Waals surface area (Å²) in [4.78, 5) is 36.5. The van der Waals surface area contributed by atoms with Gasteiger partial charge in [-0.05, 0) is 32.4 Å². The van der Waals surface area contributed by atoms with Crippen LogP contribution in [0.1, 0.15) is 32.8 Å². The van der Waals surface area contributed by atoms with Gasteiger partial charge in [-0.25, -0.2) is 4.79 Å². The minimum absolute atomic E-state index is 0.0354. The van der Waals surface area contributed by atoms with Gasteiger partial charge in [0.2, 0.25) is 11.8 Å². The highest BCUT2D eigenvalue weighted by atomic mass is 16.6. The predicted octanol–water partition coefficient (Wildman–Crippen LogP) is 2.30. The molecule has 0 aliphatic rings. The van der Waals surface area contributed by atoms with Crippen molar-refractivity contribution >= 4 is 23.8 Å². The summed E-state index contributed by atoms with van der Waals surface area (Å²) in [6, 6.07) is 13.0. The number of hydrogen-bond acceptors (Lipinski definition) is 8. The number of alkyl carbamates (subject to hydrolysis) is 1. The maximum atomic E-state index is 12.5. The Morgan fingerprint density at radius 1 is 1.03 bits per heavy atom. The molecule has 1 heterocycles. The Morgan fingerprint density at radius 3 is 2.38 bits per heavy atom. The van der Waals surface area contributed by atoms with Crippen molar-refractivity contribution in [3.8, 4) is 5.88 Å². The third kappa shape index (κ3) is 10.6. The van der Waals surface area contributed by atoms with Gasteiger partial charge in [0.15, 0.2) is 0 Å². The maximum absolute atomic E-state index is 12.5. The van der Waals surface area contributed by atoms with E-state index in [9.17, 15) is 14.4 Å². The summed E-state index contributed by atoms with van der Waals surface area (Å²) >= 11 is 0. The van der Waals surface area contributed by atoms with Crippen LogP contribution in [0.5, 0.6) is 5.88 Å². The molecule has 0 spiro atoms. The normalized spacial score (nSPS) is 10.8. The summed E-state index contributed by atoms with van der Waals surface area (Å²) in [6.07, 6.45) is -0.597. The van der Waals surface area contributed by atoms with Crippen molar-refractivity contribution in [2.75, 3.05) is 31.5 Å². The van der Waals surface area contributed by atoms with E-state index in [0.29, 0.717) is 18.3 Å². The molecule has 184 valence electrons. The zero-order chi connectivity index (χ0) is 25.0. The number of aliphatic carboxylic acids is 1. The first kappa shape index (κ1) is 26.4. The van der Waals surface area contributed by atoms with Gasteiger partial charge in [0, 0.05) is 32.1 Å². The Morgan fingerprint density at radius 2 is 1.76 bits per heavy atom. The second-order valence-electron chi connectivity index (χ2n) is 8.35. The van der Waals surface area contributed by atoms with Gasteiger partial charge < -0.3 is 30.1 Å². The van der Waals surface area contributed by atoms with E-state index < -0.39 is 24.2 Å². The number of carbonyl (C=O) groups is 3. The van der Waals surface area contributed by atoms with Gasteiger partial charge in [-0.1, -0.05) is 30.3 Å². The lowest BCUT2D eigenvalue weighted by Gasteiger charge is -2.23. The van der Waals surface area contributed by atoms with Crippen LogP contribution in [0.3, 0.4) is 0 Å². The molecule has 2 rings (SSSR count). The van der Waals surface area contributed by atoms with Crippen molar-refractivity contribution in [3.05, 3.63) is 48.0 Å². The van der Waals surface area contributed by atoms with Crippen LogP contribution in [0.2, 0.25) is 0 Å². The molecular formula is C23H31N5O6. The van der Waals surface area contributed by atoms with Crippen LogP contribution < -0.4 is 15.4 Å². The molecule has 34 heavy (non-hydrogen) atoms. The summed E-state index contributed by atoms with van der Waals surface area (Å²) in [5, 5.41) is 22.6. The monoisotopic (exact) mass is 473 g/mol. The Balaban J connectivity index is 1.75. The van der Waals surface area contributed by atoms with E-state index in [1.165, 1.54) is 0 Å². The van der Waals surface area contributed by atoms with Crippen LogP contribution in [0.15, 0.2) is 42.5 Å². The van der Waals surface area contributed by atoms with E-state index in [1.54, 1.807) is 32.9 Å². The van der Waals surface area contributed by atoms with Crippen molar-refractivity contribution in [2.24, 2.45) is 0 Å². The summed E-state index contributed by atoms with van der Waals surface area (Å²) in [5.74, 6) is -0.695. The first-order chi connectivity index (χ1) is 16.1. The van der Waals surface area contributed by atoms with E-state index in [2.05, 4.69) is 20.8 Å². The van der Waals surface area contributed by atoms with E-state index >= 15 is 0 Å². The average molecular weight is 474 g/mol. The first-order valence-corrected chi connectivity index (χ1v) is 10.8. The SMILES string of the molecule is CC(C)(C)OC(=O)NCCN(CC(=O)O)C(=O)CCNc1ccc(OCc2ccccc2)nn1. The molecule has 0 fully saturated rings. The summed E-state index contributed by atoms with van der Waals surface area (Å²) in [5.41, 5.74) is 0.360. The van der Waals surface area contributed by atoms with Gasteiger partial charge in [-0.2, -0.15) is 0 Å². The van der Waals surface area contributed by atoms with Gasteiger partial charge in [0.25, 0.3) is 0 Å². The topological polar surface area (TPSA) is 143 Å². The quantitative estimate of drug-likeness (QED) is 0.423. The molecule has 0 unspecified atom stereocenters. The standard InChI is InChI=1S/C23H31N5O6/c1-23(2,3)34-22(32)25-13-14-28(15-21(30)31)20(29)11-12-24-18-9-10-19(27-26-18)33-16-17-7-5-4-6-8-17/h4-10H,11-16H2,1-3H3,(H,24,26)(H,25,32)(H,30,31). The number of aromatic nitrogens is 2. The molecule has 1 aromatic carbocycles. The van der Waals surface area contributed by atoms with Crippen LogP contribution >= 0.6 is 0 Å². The highest BCUT2D eigenvalue weighted by molar-refractivity contribution is 5.81. The fourth-order valence-electron chi connectivity index (χ4n) is 2.74. The van der Waals surface area contributed by atoms with Crippen molar-refractivity contribution in [1.29, 1.82) is 0 Å². The second kappa shape index (κ2) is 13.0. The van der Waals surface area contributed by atoms with Crippen LogP contribution in [0.25, 0.3) is 0 Å². The van der Waals surface area contributed by atoms with Gasteiger partial charge >= 0.3 is 12.1 Å². The third-order valence-corrected chi connectivity index (χ3v) is 4.24. The average Bonchev–Trinajstić information content (AvgIpc) is 2.77. The second-order valence-corrected chi connectivity index (χ2v) is 8.35. The smallest absolute Gasteiger partial charge is 0.407 e. The number of nitrogens with zero attached hydrogens (tertiary/aromatic N) is 3. The molecule has 1 aromatic heterocycles. The number of carbonyl (C=O) groups excluding carboxylic acids is 2. The summed E-state index contributed by atoms with van der Waals surface area (Å²) in [7, 11) is 0. The first-order valence-electron chi connectivity index (χ1n) is 10.8. The van der Waals surface area contributed by atoms with E-state index in [1.807, 2.05) is 30.3 Å². The molecule has 11 nitrogen and oxygen atoms in total. The molecule has 0 bridgehead atoms. The van der Waals surface area contributed by atoms with E-state index in [0.717, 1.165) is 10.5 Å². The van der Waals surface area contributed by atoms with E-state index in [-0.39, 0.29) is 32.0 Å². The lowest BCUT2D eigenvalue weighted by molar-refractivity contribution is -0.144.